The first kappa shape index (κ1) is 20.5. The third-order valence-electron chi connectivity index (χ3n) is 8.12. The third-order valence-corrected chi connectivity index (χ3v) is 8.12. The average molecular weight is 429 g/mol. The van der Waals surface area contributed by atoms with Crippen molar-refractivity contribution in [2.24, 2.45) is 0 Å². The van der Waals surface area contributed by atoms with Crippen molar-refractivity contribution in [1.29, 1.82) is 0 Å². The number of allylic oxidation sites excluding steroid dienone is 1. The molecule has 0 nitrogen and oxygen atoms in total. The fraction of sp³-hybridized carbons (Fsp3) is 0.273. The van der Waals surface area contributed by atoms with Crippen molar-refractivity contribution in [3.8, 4) is 0 Å². The molecule has 0 unspecified atom stereocenters. The number of benzene rings is 4. The highest BCUT2D eigenvalue weighted by atomic mass is 14.4. The Morgan fingerprint density at radius 2 is 1.24 bits per heavy atom. The second-order valence-electron chi connectivity index (χ2n) is 9.73. The summed E-state index contributed by atoms with van der Waals surface area (Å²) in [5, 5.41) is 2.76. The highest BCUT2D eigenvalue weighted by Gasteiger charge is 2.33. The van der Waals surface area contributed by atoms with Crippen LogP contribution in [0, 0.1) is 0 Å². The van der Waals surface area contributed by atoms with Crippen LogP contribution < -0.4 is 0 Å². The van der Waals surface area contributed by atoms with Crippen molar-refractivity contribution in [1.82, 2.24) is 0 Å². The van der Waals surface area contributed by atoms with Crippen LogP contribution in [0.4, 0.5) is 0 Å². The maximum Gasteiger partial charge on any atom is -0.00673 e. The molecule has 0 saturated carbocycles. The highest BCUT2D eigenvalue weighted by Crippen LogP contribution is 2.51. The van der Waals surface area contributed by atoms with Crippen molar-refractivity contribution in [2.75, 3.05) is 0 Å². The summed E-state index contributed by atoms with van der Waals surface area (Å²) in [7, 11) is 0. The predicted octanol–water partition coefficient (Wildman–Crippen LogP) is 9.14. The molecule has 0 aromatic heterocycles. The van der Waals surface area contributed by atoms with E-state index in [-0.39, 0.29) is 0 Å². The van der Waals surface area contributed by atoms with Crippen LogP contribution in [0.3, 0.4) is 0 Å². The van der Waals surface area contributed by atoms with Gasteiger partial charge in [-0.2, -0.15) is 0 Å². The lowest BCUT2D eigenvalue weighted by molar-refractivity contribution is 0.511. The minimum Gasteiger partial charge on any atom is -0.0648 e. The summed E-state index contributed by atoms with van der Waals surface area (Å²) in [6.07, 6.45) is 5.89. The van der Waals surface area contributed by atoms with Crippen LogP contribution >= 0.6 is 0 Å². The molecule has 0 spiro atoms. The first-order valence-corrected chi connectivity index (χ1v) is 12.7. The van der Waals surface area contributed by atoms with Crippen LogP contribution in [0.15, 0.2) is 84.9 Å². The third kappa shape index (κ3) is 3.19. The van der Waals surface area contributed by atoms with Crippen LogP contribution in [0.5, 0.6) is 0 Å². The Morgan fingerprint density at radius 1 is 0.636 bits per heavy atom. The summed E-state index contributed by atoms with van der Waals surface area (Å²) in [4.78, 5) is 0. The molecule has 0 amide bonds. The fourth-order valence-electron chi connectivity index (χ4n) is 6.72. The van der Waals surface area contributed by atoms with Crippen molar-refractivity contribution < 1.29 is 0 Å². The summed E-state index contributed by atoms with van der Waals surface area (Å²) < 4.78 is 0. The molecule has 2 aliphatic rings. The molecule has 6 rings (SSSR count). The van der Waals surface area contributed by atoms with Gasteiger partial charge in [0.15, 0.2) is 0 Å². The Balaban J connectivity index is 1.77. The average Bonchev–Trinajstić information content (AvgIpc) is 3.00. The van der Waals surface area contributed by atoms with E-state index in [1.807, 2.05) is 0 Å². The largest absolute Gasteiger partial charge is 0.0648 e. The standard InChI is InChI=1S/C33H32/c1-3-24-25(4-2)28-16-8-10-18-30(28)33(29-17-9-7-15-27(24)29)31-19-11-13-23-21-20-22-12-5-6-14-26(22)32(23)31/h5-10,12,14-18,20-21,24-25H,3-4,11,13,19H2,1-2H3/t24-,25-/m1/s1. The zero-order chi connectivity index (χ0) is 22.4. The van der Waals surface area contributed by atoms with Crippen LogP contribution in [-0.4, -0.2) is 0 Å². The van der Waals surface area contributed by atoms with Gasteiger partial charge in [-0.1, -0.05) is 98.8 Å². The van der Waals surface area contributed by atoms with Crippen LogP contribution in [0.2, 0.25) is 0 Å². The SMILES string of the molecule is CC[C@H]1c2ccccc2C(=C2CCCc3ccc4ccccc4c32)c2ccccc2[C@@H]1CC. The van der Waals surface area contributed by atoms with E-state index in [0.717, 1.165) is 6.42 Å². The minimum atomic E-state index is 0.557. The molecule has 0 fully saturated rings. The molecular formula is C33H32. The molecule has 0 N–H and O–H groups in total. The van der Waals surface area contributed by atoms with Gasteiger partial charge in [-0.3, -0.25) is 0 Å². The lowest BCUT2D eigenvalue weighted by Crippen LogP contribution is -2.10. The van der Waals surface area contributed by atoms with Gasteiger partial charge in [-0.15, -0.1) is 0 Å². The smallest absolute Gasteiger partial charge is 0.00673 e. The number of hydrogen-bond donors (Lipinski definition) is 0. The van der Waals surface area contributed by atoms with E-state index in [9.17, 15) is 0 Å². The monoisotopic (exact) mass is 428 g/mol. The molecule has 4 aromatic carbocycles. The van der Waals surface area contributed by atoms with Crippen molar-refractivity contribution in [2.45, 2.75) is 57.8 Å². The normalized spacial score (nSPS) is 19.6. The first-order chi connectivity index (χ1) is 16.3. The van der Waals surface area contributed by atoms with Gasteiger partial charge in [0.2, 0.25) is 0 Å². The number of rotatable bonds is 2. The molecule has 0 bridgehead atoms. The Hall–Kier alpha value is -3.12. The maximum absolute atomic E-state index is 2.41. The van der Waals surface area contributed by atoms with E-state index in [4.69, 9.17) is 0 Å². The van der Waals surface area contributed by atoms with E-state index in [2.05, 4.69) is 98.8 Å². The van der Waals surface area contributed by atoms with E-state index in [1.54, 1.807) is 5.57 Å². The Kier molecular flexibility index (Phi) is 5.18. The van der Waals surface area contributed by atoms with Gasteiger partial charge in [0.25, 0.3) is 0 Å². The summed E-state index contributed by atoms with van der Waals surface area (Å²) in [5.41, 5.74) is 12.1. The van der Waals surface area contributed by atoms with Crippen molar-refractivity contribution in [3.05, 3.63) is 118 Å². The molecule has 33 heavy (non-hydrogen) atoms. The van der Waals surface area contributed by atoms with Gasteiger partial charge in [-0.05, 0) is 99.2 Å². The summed E-state index contributed by atoms with van der Waals surface area (Å²) >= 11 is 0. The van der Waals surface area contributed by atoms with Gasteiger partial charge in [0, 0.05) is 0 Å². The van der Waals surface area contributed by atoms with Crippen LogP contribution in [0.1, 0.15) is 84.7 Å². The van der Waals surface area contributed by atoms with Gasteiger partial charge in [0.1, 0.15) is 0 Å². The van der Waals surface area contributed by atoms with Gasteiger partial charge >= 0.3 is 0 Å². The molecule has 2 aliphatic carbocycles. The van der Waals surface area contributed by atoms with Crippen molar-refractivity contribution in [3.63, 3.8) is 0 Å². The summed E-state index contributed by atoms with van der Waals surface area (Å²) in [6.45, 7) is 4.74. The van der Waals surface area contributed by atoms with Gasteiger partial charge in [-0.25, -0.2) is 0 Å². The Morgan fingerprint density at radius 3 is 1.91 bits per heavy atom. The topological polar surface area (TPSA) is 0 Å². The quantitative estimate of drug-likeness (QED) is 0.298. The van der Waals surface area contributed by atoms with E-state index >= 15 is 0 Å². The molecule has 0 aliphatic heterocycles. The van der Waals surface area contributed by atoms with Crippen LogP contribution in [-0.2, 0) is 6.42 Å². The molecule has 0 radical (unpaired) electrons. The molecule has 0 heteroatoms. The predicted molar refractivity (Wildman–Crippen MR) is 142 cm³/mol. The summed E-state index contributed by atoms with van der Waals surface area (Å²) in [5.74, 6) is 1.11. The van der Waals surface area contributed by atoms with Gasteiger partial charge < -0.3 is 0 Å². The van der Waals surface area contributed by atoms with E-state index < -0.39 is 0 Å². The highest BCUT2D eigenvalue weighted by molar-refractivity contribution is 6.07. The molecule has 4 aromatic rings. The minimum absolute atomic E-state index is 0.557. The zero-order valence-electron chi connectivity index (χ0n) is 19.8. The first-order valence-electron chi connectivity index (χ1n) is 12.7. The fourth-order valence-corrected chi connectivity index (χ4v) is 6.72. The lowest BCUT2D eigenvalue weighted by atomic mass is 9.78. The van der Waals surface area contributed by atoms with Crippen molar-refractivity contribution >= 4 is 21.9 Å². The lowest BCUT2D eigenvalue weighted by Gasteiger charge is -2.26. The Labute approximate surface area is 198 Å². The number of hydrogen-bond acceptors (Lipinski definition) is 0. The zero-order valence-corrected chi connectivity index (χ0v) is 19.8. The number of fused-ring (bicyclic) bond motifs is 5. The van der Waals surface area contributed by atoms with Gasteiger partial charge in [0.05, 0.1) is 0 Å². The van der Waals surface area contributed by atoms with E-state index in [0.29, 0.717) is 11.8 Å². The van der Waals surface area contributed by atoms with Crippen LogP contribution in [0.25, 0.3) is 21.9 Å². The second kappa shape index (κ2) is 8.34. The summed E-state index contributed by atoms with van der Waals surface area (Å²) in [6, 6.07) is 32.3. The number of aryl methyl sites for hydroxylation is 1. The second-order valence-corrected chi connectivity index (χ2v) is 9.73. The molecule has 2 atom stereocenters. The maximum atomic E-state index is 2.41. The molecule has 0 saturated heterocycles. The molecule has 164 valence electrons. The van der Waals surface area contributed by atoms with E-state index in [1.165, 1.54) is 75.4 Å². The molecule has 0 heterocycles. The Bertz CT molecular complexity index is 1310. The molecular weight excluding hydrogens is 396 g/mol.